The van der Waals surface area contributed by atoms with E-state index in [4.69, 9.17) is 28.9 Å². The molecule has 0 saturated carbocycles. The van der Waals surface area contributed by atoms with Crippen LogP contribution < -0.4 is 18.9 Å². The number of fused-ring (bicyclic) bond motifs is 8. The highest BCUT2D eigenvalue weighted by Crippen LogP contribution is 2.40. The molecule has 5 heterocycles. The number of hydrogen-bond donors (Lipinski definition) is 5. The highest BCUT2D eigenvalue weighted by atomic mass is 125. The normalized spacial score (nSPS) is 11.7. The van der Waals surface area contributed by atoms with Crippen LogP contribution >= 0.6 is 22.6 Å². The molecule has 338 valence electrons. The number of carboxylic acid groups (broad SMARTS) is 3. The third kappa shape index (κ3) is 10.0. The second-order valence-electron chi connectivity index (χ2n) is 15.3. The number of hydrogen-bond acceptors (Lipinski definition) is 9. The van der Waals surface area contributed by atoms with E-state index in [2.05, 4.69) is 32.6 Å². The van der Waals surface area contributed by atoms with Gasteiger partial charge < -0.3 is 44.2 Å². The largest absolute Gasteiger partial charge is 0.489 e. The van der Waals surface area contributed by atoms with Crippen LogP contribution in [0.25, 0.3) is 90.9 Å². The number of aliphatic carboxylic acids is 3. The molecule has 4 aromatic carbocycles. The Morgan fingerprint density at radius 1 is 0.456 bits per heavy atom. The third-order valence-electron chi connectivity index (χ3n) is 10.8. The highest BCUT2D eigenvalue weighted by Gasteiger charge is 2.20. The molecule has 2 aliphatic heterocycles. The average molecular weight is 1020 g/mol. The molecule has 7 aromatic rings. The van der Waals surface area contributed by atoms with E-state index in [1.54, 1.807) is 54.6 Å². The summed E-state index contributed by atoms with van der Waals surface area (Å²) in [5, 5.41) is 28.3. The number of nitrogens with zero attached hydrogens (tertiary/aromatic N) is 2. The average Bonchev–Trinajstić information content (AvgIpc) is 4.19. The first-order valence-electron chi connectivity index (χ1n) is 21.1. The zero-order valence-electron chi connectivity index (χ0n) is 35.8. The maximum atomic E-state index is 11.5. The summed E-state index contributed by atoms with van der Waals surface area (Å²) >= 11 is 2.15. The molecule has 0 atom stereocenters. The lowest BCUT2D eigenvalue weighted by molar-refractivity contribution is -0.140. The minimum atomic E-state index is -1.12. The molecule has 0 unspecified atom stereocenters. The van der Waals surface area contributed by atoms with E-state index >= 15 is 0 Å². The van der Waals surface area contributed by atoms with Crippen LogP contribution in [0.2, 0.25) is 0 Å². The molecule has 0 aliphatic carbocycles. The molecule has 5 N–H and O–H groups in total. The van der Waals surface area contributed by atoms with Crippen LogP contribution in [0.1, 0.15) is 22.8 Å². The summed E-state index contributed by atoms with van der Waals surface area (Å²) in [5.41, 5.74) is 10.8. The molecule has 2 aliphatic rings. The highest BCUT2D eigenvalue weighted by molar-refractivity contribution is 14.1. The minimum absolute atomic E-state index is 0.341. The predicted octanol–water partition coefficient (Wildman–Crippen LogP) is 11.0. The van der Waals surface area contributed by atoms with Crippen molar-refractivity contribution in [3.63, 3.8) is 0 Å². The van der Waals surface area contributed by atoms with Crippen LogP contribution in [0.3, 0.4) is 0 Å². The Hall–Kier alpha value is -8.44. The van der Waals surface area contributed by atoms with E-state index in [9.17, 15) is 29.7 Å². The van der Waals surface area contributed by atoms with Gasteiger partial charge in [0.1, 0.15) is 29.6 Å². The maximum Gasteiger partial charge on any atom is 0.341 e. The van der Waals surface area contributed by atoms with Crippen LogP contribution in [-0.4, -0.2) is 79.6 Å². The van der Waals surface area contributed by atoms with Crippen molar-refractivity contribution >= 4 is 86.9 Å². The molecule has 9 rings (SSSR count). The standard InChI is InChI=1S/C53H39IN4O10/c54-22-5-23-65-35-10-1-6-31(24-35)50-39-14-16-41(55-39)51(32-7-2-11-36(25-32)66-28-47(59)60)43-18-20-45(57-43)53(34-9-4-13-38(27-34)68-30-49(63)64)46-21-19-44(58-46)52(42-17-15-40(50)56-42)33-8-3-12-37(26-33)67-29-48(61)62/h1-22,24-27,55,58H,23,28-30H2,(H,59,60)(H,61,62)(H,63,64)/b22-5+,50-39?,50-40?,51-41?,51-43?,52-42?,52-44?,53-45?,53-46?/i54-2. The number of nitrogens with one attached hydrogen (secondary N) is 2. The predicted molar refractivity (Wildman–Crippen MR) is 269 cm³/mol. The second-order valence-corrected chi connectivity index (χ2v) is 16.1. The summed E-state index contributed by atoms with van der Waals surface area (Å²) in [7, 11) is 0. The fourth-order valence-corrected chi connectivity index (χ4v) is 8.21. The first kappa shape index (κ1) is 44.7. The summed E-state index contributed by atoms with van der Waals surface area (Å²) in [4.78, 5) is 52.5. The maximum absolute atomic E-state index is 11.5. The van der Waals surface area contributed by atoms with Crippen molar-refractivity contribution in [2.24, 2.45) is 0 Å². The van der Waals surface area contributed by atoms with Crippen molar-refractivity contribution in [1.82, 2.24) is 19.9 Å². The van der Waals surface area contributed by atoms with Gasteiger partial charge in [0.05, 0.1) is 22.8 Å². The Kier molecular flexibility index (Phi) is 13.1. The van der Waals surface area contributed by atoms with E-state index in [-0.39, 0.29) is 0 Å². The van der Waals surface area contributed by atoms with Crippen molar-refractivity contribution < 1.29 is 48.7 Å². The Bertz CT molecular complexity index is 3330. The first-order chi connectivity index (χ1) is 33.1. The number of benzene rings is 4. The summed E-state index contributed by atoms with van der Waals surface area (Å²) < 4.78 is 24.9. The molecule has 8 bridgehead atoms. The fourth-order valence-electron chi connectivity index (χ4n) is 8.00. The molecule has 14 nitrogen and oxygen atoms in total. The molecule has 15 heteroatoms. The smallest absolute Gasteiger partial charge is 0.341 e. The van der Waals surface area contributed by atoms with Crippen LogP contribution in [0, 0.1) is 0 Å². The van der Waals surface area contributed by atoms with Gasteiger partial charge in [-0.2, -0.15) is 0 Å². The van der Waals surface area contributed by atoms with E-state index in [1.807, 2.05) is 101 Å². The zero-order chi connectivity index (χ0) is 47.1. The van der Waals surface area contributed by atoms with Gasteiger partial charge in [-0.1, -0.05) is 71.1 Å². The number of carbonyl (C=O) groups is 3. The summed E-state index contributed by atoms with van der Waals surface area (Å²) in [6.07, 6.45) is 9.60. The lowest BCUT2D eigenvalue weighted by atomic mass is 10.0. The van der Waals surface area contributed by atoms with E-state index < -0.39 is 37.7 Å². The number of carboxylic acids is 3. The molecule has 0 spiro atoms. The first-order valence-corrected chi connectivity index (χ1v) is 22.3. The van der Waals surface area contributed by atoms with Gasteiger partial charge in [-0.15, -0.1) is 0 Å². The zero-order valence-corrected chi connectivity index (χ0v) is 38.0. The Morgan fingerprint density at radius 2 is 0.750 bits per heavy atom. The van der Waals surface area contributed by atoms with Gasteiger partial charge in [0, 0.05) is 44.3 Å². The van der Waals surface area contributed by atoms with Gasteiger partial charge in [-0.25, -0.2) is 24.4 Å². The van der Waals surface area contributed by atoms with Crippen molar-refractivity contribution in [2.75, 3.05) is 26.4 Å². The van der Waals surface area contributed by atoms with Crippen LogP contribution in [0.4, 0.5) is 0 Å². The van der Waals surface area contributed by atoms with Crippen molar-refractivity contribution in [3.05, 3.63) is 154 Å². The third-order valence-corrected chi connectivity index (χ3v) is 11.3. The molecule has 68 heavy (non-hydrogen) atoms. The molecule has 3 aromatic heterocycles. The second kappa shape index (κ2) is 20.0. The number of aromatic amines is 2. The van der Waals surface area contributed by atoms with Gasteiger partial charge in [0.2, 0.25) is 0 Å². The van der Waals surface area contributed by atoms with Gasteiger partial charge in [-0.05, 0) is 130 Å². The monoisotopic (exact) mass is 1020 g/mol. The lowest BCUT2D eigenvalue weighted by Gasteiger charge is -2.10. The molecule has 0 fully saturated rings. The van der Waals surface area contributed by atoms with Gasteiger partial charge in [0.25, 0.3) is 0 Å². The van der Waals surface area contributed by atoms with Gasteiger partial charge in [0.15, 0.2) is 19.8 Å². The summed E-state index contributed by atoms with van der Waals surface area (Å²) in [6.45, 7) is -1.21. The molecular weight excluding hydrogens is 978 g/mol. The van der Waals surface area contributed by atoms with Gasteiger partial charge in [-0.3, -0.25) is 0 Å². The summed E-state index contributed by atoms with van der Waals surface area (Å²) in [5.74, 6) is -1.62. The number of halogens is 1. The van der Waals surface area contributed by atoms with Gasteiger partial charge >= 0.3 is 17.9 Å². The topological polar surface area (TPSA) is 206 Å². The Labute approximate surface area is 401 Å². The van der Waals surface area contributed by atoms with E-state index in [0.717, 1.165) is 16.6 Å². The quantitative estimate of drug-likeness (QED) is 0.0573. The molecule has 0 amide bonds. The SMILES string of the molecule is O=C(O)COc1cccc(-c2c3nc(c(-c4cccc(OCC(=O)O)c4)c4ccc([nH]4)c(-c4cccc(OCC(=O)O)c4)c4nc(c(-c5cccc(OC/C=C/[125I])c5)c5ccc2[nH]5)C=C4)C=C3)c1. The molecular formula is C53H39IN4O10. The van der Waals surface area contributed by atoms with Crippen LogP contribution in [0.15, 0.2) is 131 Å². The Balaban J connectivity index is 1.39. The fraction of sp³-hybridized carbons (Fsp3) is 0.0755. The lowest BCUT2D eigenvalue weighted by Crippen LogP contribution is -2.09. The Morgan fingerprint density at radius 3 is 1.03 bits per heavy atom. The minimum Gasteiger partial charge on any atom is -0.489 e. The van der Waals surface area contributed by atoms with Crippen molar-refractivity contribution in [3.8, 4) is 67.5 Å². The summed E-state index contributed by atoms with van der Waals surface area (Å²) in [6, 6.07) is 37.0. The number of rotatable bonds is 16. The van der Waals surface area contributed by atoms with Crippen molar-refractivity contribution in [1.29, 1.82) is 0 Å². The van der Waals surface area contributed by atoms with E-state index in [1.165, 1.54) is 0 Å². The van der Waals surface area contributed by atoms with Crippen LogP contribution in [-0.2, 0) is 14.4 Å². The number of aromatic nitrogens is 4. The molecule has 0 radical (unpaired) electrons. The van der Waals surface area contributed by atoms with Crippen molar-refractivity contribution in [2.45, 2.75) is 0 Å². The van der Waals surface area contributed by atoms with Crippen LogP contribution in [0.5, 0.6) is 23.0 Å². The molecule has 0 saturated heterocycles. The van der Waals surface area contributed by atoms with E-state index in [0.29, 0.717) is 102 Å². The number of ether oxygens (including phenoxy) is 4. The number of H-pyrrole nitrogens is 2.